The molecule has 0 spiro atoms. The van der Waals surface area contributed by atoms with E-state index in [1.165, 1.54) is 5.56 Å². The number of amides is 2. The second-order valence-corrected chi connectivity index (χ2v) is 5.54. The van der Waals surface area contributed by atoms with Crippen molar-refractivity contribution in [2.75, 3.05) is 0 Å². The summed E-state index contributed by atoms with van der Waals surface area (Å²) >= 11 is 0. The first-order valence-electron chi connectivity index (χ1n) is 6.84. The van der Waals surface area contributed by atoms with E-state index >= 15 is 0 Å². The lowest BCUT2D eigenvalue weighted by Gasteiger charge is -2.18. The Morgan fingerprint density at radius 3 is 2.45 bits per heavy atom. The number of nitrogens with one attached hydrogen (secondary N) is 2. The molecular formula is C15H20N2O3. The smallest absolute Gasteiger partial charge is 0.326 e. The van der Waals surface area contributed by atoms with Crippen molar-refractivity contribution >= 4 is 12.0 Å². The van der Waals surface area contributed by atoms with Crippen molar-refractivity contribution in [2.45, 2.75) is 38.3 Å². The molecule has 1 saturated carbocycles. The van der Waals surface area contributed by atoms with Crippen LogP contribution in [0, 0.1) is 5.92 Å². The molecule has 5 nitrogen and oxygen atoms in total. The third-order valence-electron chi connectivity index (χ3n) is 3.55. The Morgan fingerprint density at radius 2 is 1.90 bits per heavy atom. The van der Waals surface area contributed by atoms with Crippen molar-refractivity contribution < 1.29 is 14.7 Å². The second-order valence-electron chi connectivity index (χ2n) is 5.54. The molecule has 2 unspecified atom stereocenters. The predicted molar refractivity (Wildman–Crippen MR) is 75.5 cm³/mol. The topological polar surface area (TPSA) is 78.4 Å². The van der Waals surface area contributed by atoms with E-state index in [-0.39, 0.29) is 12.0 Å². The van der Waals surface area contributed by atoms with E-state index in [1.54, 1.807) is 13.8 Å². The lowest BCUT2D eigenvalue weighted by atomic mass is 10.1. The number of aliphatic carboxylic acids is 1. The van der Waals surface area contributed by atoms with Crippen LogP contribution in [0.25, 0.3) is 0 Å². The minimum atomic E-state index is -1.01. The van der Waals surface area contributed by atoms with Crippen LogP contribution in [0.4, 0.5) is 4.79 Å². The van der Waals surface area contributed by atoms with Crippen molar-refractivity contribution in [3.8, 4) is 0 Å². The van der Waals surface area contributed by atoms with Gasteiger partial charge in [-0.3, -0.25) is 0 Å². The van der Waals surface area contributed by atoms with Crippen molar-refractivity contribution in [1.82, 2.24) is 10.6 Å². The van der Waals surface area contributed by atoms with Crippen LogP contribution in [0.2, 0.25) is 0 Å². The minimum Gasteiger partial charge on any atom is -0.480 e. The number of hydrogen-bond donors (Lipinski definition) is 3. The summed E-state index contributed by atoms with van der Waals surface area (Å²) in [5, 5.41) is 14.4. The van der Waals surface area contributed by atoms with Crippen LogP contribution in [-0.4, -0.2) is 29.2 Å². The number of carboxylic acids is 1. The second kappa shape index (κ2) is 5.94. The van der Waals surface area contributed by atoms with Gasteiger partial charge in [0.05, 0.1) is 0 Å². The molecule has 0 aromatic heterocycles. The van der Waals surface area contributed by atoms with Crippen LogP contribution in [0.1, 0.15) is 31.7 Å². The summed E-state index contributed by atoms with van der Waals surface area (Å²) in [6.45, 7) is 3.53. The van der Waals surface area contributed by atoms with E-state index in [0.29, 0.717) is 5.92 Å². The highest BCUT2D eigenvalue weighted by Crippen LogP contribution is 2.40. The fourth-order valence-corrected chi connectivity index (χ4v) is 2.29. The van der Waals surface area contributed by atoms with Gasteiger partial charge in [0.25, 0.3) is 0 Å². The molecule has 1 fully saturated rings. The van der Waals surface area contributed by atoms with Gasteiger partial charge in [0.15, 0.2) is 0 Å². The summed E-state index contributed by atoms with van der Waals surface area (Å²) in [6.07, 6.45) is 0.900. The number of benzene rings is 1. The third kappa shape index (κ3) is 3.50. The molecule has 1 aliphatic carbocycles. The molecule has 2 rings (SSSR count). The van der Waals surface area contributed by atoms with E-state index < -0.39 is 18.0 Å². The Morgan fingerprint density at radius 1 is 1.25 bits per heavy atom. The van der Waals surface area contributed by atoms with Crippen molar-refractivity contribution in [1.29, 1.82) is 0 Å². The van der Waals surface area contributed by atoms with E-state index in [9.17, 15) is 9.59 Å². The zero-order valence-corrected chi connectivity index (χ0v) is 11.7. The molecule has 3 atom stereocenters. The standard InChI is InChI=1S/C15H20N2O3/c1-9(2)13(14(18)19)17-15(20)16-12-8-11(12)10-6-4-3-5-7-10/h3-7,9,11-13H,8H2,1-2H3,(H,18,19)(H2,16,17,20)/t11?,12?,13-/m1/s1. The average molecular weight is 276 g/mol. The lowest BCUT2D eigenvalue weighted by Crippen LogP contribution is -2.49. The molecule has 0 aliphatic heterocycles. The molecule has 0 bridgehead atoms. The summed E-state index contributed by atoms with van der Waals surface area (Å²) in [6, 6.07) is 8.82. The van der Waals surface area contributed by atoms with E-state index in [2.05, 4.69) is 10.6 Å². The fourth-order valence-electron chi connectivity index (χ4n) is 2.29. The van der Waals surface area contributed by atoms with Crippen molar-refractivity contribution in [3.63, 3.8) is 0 Å². The van der Waals surface area contributed by atoms with Gasteiger partial charge in [-0.25, -0.2) is 9.59 Å². The van der Waals surface area contributed by atoms with Crippen LogP contribution in [0.3, 0.4) is 0 Å². The summed E-state index contributed by atoms with van der Waals surface area (Å²) in [5.41, 5.74) is 1.21. The van der Waals surface area contributed by atoms with Crippen molar-refractivity contribution in [3.05, 3.63) is 35.9 Å². The first-order valence-corrected chi connectivity index (χ1v) is 6.84. The highest BCUT2D eigenvalue weighted by molar-refractivity contribution is 5.83. The Balaban J connectivity index is 1.83. The van der Waals surface area contributed by atoms with Gasteiger partial charge in [-0.1, -0.05) is 44.2 Å². The molecule has 2 amide bonds. The fraction of sp³-hybridized carbons (Fsp3) is 0.467. The first-order chi connectivity index (χ1) is 9.49. The molecule has 3 N–H and O–H groups in total. The Kier molecular flexibility index (Phi) is 4.27. The maximum atomic E-state index is 11.8. The van der Waals surface area contributed by atoms with Gasteiger partial charge >= 0.3 is 12.0 Å². The van der Waals surface area contributed by atoms with Crippen LogP contribution in [0.15, 0.2) is 30.3 Å². The molecular weight excluding hydrogens is 256 g/mol. The van der Waals surface area contributed by atoms with Crippen LogP contribution in [-0.2, 0) is 4.79 Å². The lowest BCUT2D eigenvalue weighted by molar-refractivity contribution is -0.140. The maximum Gasteiger partial charge on any atom is 0.326 e. The molecule has 1 aromatic rings. The summed E-state index contributed by atoms with van der Waals surface area (Å²) in [4.78, 5) is 22.8. The SMILES string of the molecule is CC(C)[C@@H](NC(=O)NC1CC1c1ccccc1)C(=O)O. The van der Waals surface area contributed by atoms with Gasteiger partial charge in [0, 0.05) is 12.0 Å². The quantitative estimate of drug-likeness (QED) is 0.769. The molecule has 0 heterocycles. The monoisotopic (exact) mass is 276 g/mol. The van der Waals surface area contributed by atoms with Gasteiger partial charge in [0.2, 0.25) is 0 Å². The van der Waals surface area contributed by atoms with E-state index in [0.717, 1.165) is 6.42 Å². The number of carbonyl (C=O) groups is 2. The van der Waals surface area contributed by atoms with Gasteiger partial charge in [0.1, 0.15) is 6.04 Å². The summed E-state index contributed by atoms with van der Waals surface area (Å²) in [7, 11) is 0. The predicted octanol–water partition coefficient (Wildman–Crippen LogP) is 1.95. The van der Waals surface area contributed by atoms with E-state index in [4.69, 9.17) is 5.11 Å². The molecule has 108 valence electrons. The normalized spacial score (nSPS) is 22.1. The number of rotatable bonds is 5. The Bertz CT molecular complexity index is 487. The Labute approximate surface area is 118 Å². The zero-order valence-electron chi connectivity index (χ0n) is 11.7. The average Bonchev–Trinajstić information content (AvgIpc) is 3.15. The summed E-state index contributed by atoms with van der Waals surface area (Å²) < 4.78 is 0. The van der Waals surface area contributed by atoms with Crippen LogP contribution in [0.5, 0.6) is 0 Å². The third-order valence-corrected chi connectivity index (χ3v) is 3.55. The largest absolute Gasteiger partial charge is 0.480 e. The minimum absolute atomic E-state index is 0.0963. The Hall–Kier alpha value is -2.04. The molecule has 0 radical (unpaired) electrons. The van der Waals surface area contributed by atoms with Gasteiger partial charge < -0.3 is 15.7 Å². The number of hydrogen-bond acceptors (Lipinski definition) is 2. The highest BCUT2D eigenvalue weighted by Gasteiger charge is 2.39. The molecule has 5 heteroatoms. The molecule has 1 aromatic carbocycles. The van der Waals surface area contributed by atoms with Crippen molar-refractivity contribution in [2.24, 2.45) is 5.92 Å². The van der Waals surface area contributed by atoms with Gasteiger partial charge in [-0.2, -0.15) is 0 Å². The number of carbonyl (C=O) groups excluding carboxylic acids is 1. The zero-order chi connectivity index (χ0) is 14.7. The van der Waals surface area contributed by atoms with E-state index in [1.807, 2.05) is 30.3 Å². The van der Waals surface area contributed by atoms with Crippen LogP contribution >= 0.6 is 0 Å². The van der Waals surface area contributed by atoms with Crippen LogP contribution < -0.4 is 10.6 Å². The first kappa shape index (κ1) is 14.4. The molecule has 0 saturated heterocycles. The maximum absolute atomic E-state index is 11.8. The molecule has 20 heavy (non-hydrogen) atoms. The van der Waals surface area contributed by atoms with Gasteiger partial charge in [-0.15, -0.1) is 0 Å². The highest BCUT2D eigenvalue weighted by atomic mass is 16.4. The van der Waals surface area contributed by atoms with Gasteiger partial charge in [-0.05, 0) is 17.9 Å². The number of urea groups is 1. The number of carboxylic acid groups (broad SMARTS) is 1. The summed E-state index contributed by atoms with van der Waals surface area (Å²) in [5.74, 6) is -0.822. The molecule has 1 aliphatic rings.